The van der Waals surface area contributed by atoms with Crippen LogP contribution in [0.5, 0.6) is 0 Å². The number of nitrogens with one attached hydrogen (secondary N) is 3. The van der Waals surface area contributed by atoms with Crippen LogP contribution < -0.4 is 16.0 Å². The quantitative estimate of drug-likeness (QED) is 0.752. The van der Waals surface area contributed by atoms with Gasteiger partial charge < -0.3 is 16.0 Å². The molecule has 1 saturated heterocycles. The Balaban J connectivity index is 1.69. The molecule has 106 valence electrons. The van der Waals surface area contributed by atoms with E-state index in [0.29, 0.717) is 13.1 Å². The maximum atomic E-state index is 12.4. The van der Waals surface area contributed by atoms with E-state index in [-0.39, 0.29) is 17.7 Å². The number of fused-ring (bicyclic) bond motifs is 1. The Hall–Kier alpha value is -2.04. The molecular formula is C15H19N3O2. The van der Waals surface area contributed by atoms with Gasteiger partial charge in [0.1, 0.15) is 6.04 Å². The highest BCUT2D eigenvalue weighted by atomic mass is 16.2. The van der Waals surface area contributed by atoms with Gasteiger partial charge in [0.05, 0.1) is 5.92 Å². The van der Waals surface area contributed by atoms with Crippen LogP contribution in [-0.4, -0.2) is 30.9 Å². The number of benzene rings is 1. The Bertz CT molecular complexity index is 530. The van der Waals surface area contributed by atoms with Crippen molar-refractivity contribution in [2.75, 3.05) is 18.4 Å². The molecule has 3 N–H and O–H groups in total. The zero-order valence-electron chi connectivity index (χ0n) is 11.3. The molecule has 0 spiro atoms. The summed E-state index contributed by atoms with van der Waals surface area (Å²) in [5.41, 5.74) is 2.02. The van der Waals surface area contributed by atoms with Crippen LogP contribution in [-0.2, 0) is 9.59 Å². The second kappa shape index (κ2) is 5.53. The van der Waals surface area contributed by atoms with Crippen LogP contribution in [0.4, 0.5) is 5.69 Å². The molecule has 2 atom stereocenters. The summed E-state index contributed by atoms with van der Waals surface area (Å²) in [6, 6.07) is 7.43. The predicted molar refractivity (Wildman–Crippen MR) is 76.5 cm³/mol. The fraction of sp³-hybridized carbons (Fsp3) is 0.467. The van der Waals surface area contributed by atoms with Crippen molar-refractivity contribution in [2.24, 2.45) is 0 Å². The molecule has 3 rings (SSSR count). The lowest BCUT2D eigenvalue weighted by atomic mass is 9.99. The first-order chi connectivity index (χ1) is 9.75. The second-order valence-electron chi connectivity index (χ2n) is 5.37. The SMILES string of the molecule is O=C1NCCCCC1NC(=O)C1CNc2ccccc21. The van der Waals surface area contributed by atoms with Gasteiger partial charge in [0.15, 0.2) is 0 Å². The molecule has 0 aromatic heterocycles. The minimum absolute atomic E-state index is 0.0601. The van der Waals surface area contributed by atoms with Crippen molar-refractivity contribution in [2.45, 2.75) is 31.2 Å². The molecule has 2 aliphatic rings. The lowest BCUT2D eigenvalue weighted by Gasteiger charge is -2.18. The van der Waals surface area contributed by atoms with Gasteiger partial charge in [-0.15, -0.1) is 0 Å². The van der Waals surface area contributed by atoms with E-state index in [2.05, 4.69) is 16.0 Å². The number of hydrogen-bond acceptors (Lipinski definition) is 3. The first-order valence-electron chi connectivity index (χ1n) is 7.16. The molecule has 2 amide bonds. The molecule has 0 bridgehead atoms. The Morgan fingerprint density at radius 2 is 2.05 bits per heavy atom. The largest absolute Gasteiger partial charge is 0.384 e. The fourth-order valence-electron chi connectivity index (χ4n) is 2.87. The van der Waals surface area contributed by atoms with Gasteiger partial charge in [-0.05, 0) is 30.9 Å². The third-order valence-corrected chi connectivity index (χ3v) is 4.00. The van der Waals surface area contributed by atoms with E-state index in [1.165, 1.54) is 0 Å². The van der Waals surface area contributed by atoms with Crippen LogP contribution in [0, 0.1) is 0 Å². The molecule has 20 heavy (non-hydrogen) atoms. The van der Waals surface area contributed by atoms with E-state index < -0.39 is 6.04 Å². The lowest BCUT2D eigenvalue weighted by molar-refractivity contribution is -0.129. The summed E-state index contributed by atoms with van der Waals surface area (Å²) in [5.74, 6) is -0.332. The first-order valence-corrected chi connectivity index (χ1v) is 7.16. The lowest BCUT2D eigenvalue weighted by Crippen LogP contribution is -2.47. The summed E-state index contributed by atoms with van der Waals surface area (Å²) in [6.07, 6.45) is 2.66. The minimum Gasteiger partial charge on any atom is -0.384 e. The maximum absolute atomic E-state index is 12.4. The van der Waals surface area contributed by atoms with Gasteiger partial charge in [0, 0.05) is 18.8 Å². The van der Waals surface area contributed by atoms with Crippen molar-refractivity contribution in [3.63, 3.8) is 0 Å². The molecule has 0 radical (unpaired) electrons. The maximum Gasteiger partial charge on any atom is 0.242 e. The second-order valence-corrected chi connectivity index (χ2v) is 5.37. The van der Waals surface area contributed by atoms with Gasteiger partial charge in [-0.1, -0.05) is 18.2 Å². The zero-order chi connectivity index (χ0) is 13.9. The predicted octanol–water partition coefficient (Wildman–Crippen LogP) is 0.981. The van der Waals surface area contributed by atoms with Gasteiger partial charge >= 0.3 is 0 Å². The van der Waals surface area contributed by atoms with Gasteiger partial charge in [0.25, 0.3) is 0 Å². The molecule has 2 unspecified atom stereocenters. The normalized spacial score (nSPS) is 25.1. The number of anilines is 1. The molecule has 1 aromatic carbocycles. The summed E-state index contributed by atoms with van der Waals surface area (Å²) in [5, 5.41) is 8.97. The topological polar surface area (TPSA) is 70.2 Å². The Morgan fingerprint density at radius 3 is 2.95 bits per heavy atom. The summed E-state index contributed by atoms with van der Waals surface area (Å²) in [4.78, 5) is 24.3. The fourth-order valence-corrected chi connectivity index (χ4v) is 2.87. The van der Waals surface area contributed by atoms with Crippen LogP contribution in [0.15, 0.2) is 24.3 Å². The van der Waals surface area contributed by atoms with Crippen molar-refractivity contribution in [3.8, 4) is 0 Å². The molecule has 2 heterocycles. The zero-order valence-corrected chi connectivity index (χ0v) is 11.3. The van der Waals surface area contributed by atoms with Crippen LogP contribution in [0.1, 0.15) is 30.7 Å². The van der Waals surface area contributed by atoms with Crippen LogP contribution in [0.25, 0.3) is 0 Å². The van der Waals surface area contributed by atoms with Crippen molar-refractivity contribution in [1.82, 2.24) is 10.6 Å². The van der Waals surface area contributed by atoms with Gasteiger partial charge in [-0.2, -0.15) is 0 Å². The molecule has 0 saturated carbocycles. The van der Waals surface area contributed by atoms with E-state index in [0.717, 1.165) is 30.5 Å². The van der Waals surface area contributed by atoms with Crippen molar-refractivity contribution >= 4 is 17.5 Å². The molecule has 2 aliphatic heterocycles. The number of rotatable bonds is 2. The van der Waals surface area contributed by atoms with E-state index in [1.54, 1.807) is 0 Å². The standard InChI is InChI=1S/C15H19N3O2/c19-14(18-13-7-3-4-8-16-15(13)20)11-9-17-12-6-2-1-5-10(11)12/h1-2,5-6,11,13,17H,3-4,7-9H2,(H,16,20)(H,18,19). The smallest absolute Gasteiger partial charge is 0.242 e. The number of carbonyl (C=O) groups is 2. The average Bonchev–Trinajstić information content (AvgIpc) is 2.79. The van der Waals surface area contributed by atoms with E-state index in [1.807, 2.05) is 24.3 Å². The molecular weight excluding hydrogens is 254 g/mol. The molecule has 5 heteroatoms. The van der Waals surface area contributed by atoms with E-state index in [9.17, 15) is 9.59 Å². The Labute approximate surface area is 118 Å². The average molecular weight is 273 g/mol. The first kappa shape index (κ1) is 13.0. The van der Waals surface area contributed by atoms with Crippen molar-refractivity contribution in [1.29, 1.82) is 0 Å². The highest BCUT2D eigenvalue weighted by molar-refractivity contribution is 5.92. The number of amides is 2. The van der Waals surface area contributed by atoms with Gasteiger partial charge in [-0.25, -0.2) is 0 Å². The van der Waals surface area contributed by atoms with E-state index >= 15 is 0 Å². The molecule has 0 aliphatic carbocycles. The molecule has 1 fully saturated rings. The Kier molecular flexibility index (Phi) is 3.58. The molecule has 1 aromatic rings. The number of hydrogen-bond donors (Lipinski definition) is 3. The molecule has 5 nitrogen and oxygen atoms in total. The van der Waals surface area contributed by atoms with Gasteiger partial charge in [0.2, 0.25) is 11.8 Å². The monoisotopic (exact) mass is 273 g/mol. The number of para-hydroxylation sites is 1. The highest BCUT2D eigenvalue weighted by Gasteiger charge is 2.31. The minimum atomic E-state index is -0.391. The summed E-state index contributed by atoms with van der Waals surface area (Å²) in [6.45, 7) is 1.30. The summed E-state index contributed by atoms with van der Waals surface area (Å²) < 4.78 is 0. The summed E-state index contributed by atoms with van der Waals surface area (Å²) in [7, 11) is 0. The third kappa shape index (κ3) is 2.48. The number of carbonyl (C=O) groups excluding carboxylic acids is 2. The third-order valence-electron chi connectivity index (χ3n) is 4.00. The van der Waals surface area contributed by atoms with Crippen LogP contribution in [0.3, 0.4) is 0 Å². The summed E-state index contributed by atoms with van der Waals surface area (Å²) >= 11 is 0. The van der Waals surface area contributed by atoms with Crippen LogP contribution in [0.2, 0.25) is 0 Å². The van der Waals surface area contributed by atoms with Crippen molar-refractivity contribution < 1.29 is 9.59 Å². The van der Waals surface area contributed by atoms with Crippen molar-refractivity contribution in [3.05, 3.63) is 29.8 Å². The van der Waals surface area contributed by atoms with E-state index in [4.69, 9.17) is 0 Å². The van der Waals surface area contributed by atoms with Gasteiger partial charge in [-0.3, -0.25) is 9.59 Å². The highest BCUT2D eigenvalue weighted by Crippen LogP contribution is 2.31. The van der Waals surface area contributed by atoms with Crippen LogP contribution >= 0.6 is 0 Å². The Morgan fingerprint density at radius 1 is 1.20 bits per heavy atom.